The topological polar surface area (TPSA) is 49.5 Å². The van der Waals surface area contributed by atoms with Crippen molar-refractivity contribution in [3.8, 4) is 0 Å². The zero-order valence-electron chi connectivity index (χ0n) is 13.4. The lowest BCUT2D eigenvalue weighted by molar-refractivity contribution is 0.127. The number of nitrogens with two attached hydrogens (primary N) is 1. The molecule has 0 aromatic heterocycles. The van der Waals surface area contributed by atoms with Crippen LogP contribution >= 0.6 is 0 Å². The fourth-order valence-corrected chi connectivity index (χ4v) is 2.56. The predicted octanol–water partition coefficient (Wildman–Crippen LogP) is 3.60. The molecule has 22 heavy (non-hydrogen) atoms. The van der Waals surface area contributed by atoms with Crippen molar-refractivity contribution in [1.29, 1.82) is 0 Å². The van der Waals surface area contributed by atoms with Gasteiger partial charge in [-0.15, -0.1) is 0 Å². The molecule has 0 heterocycles. The van der Waals surface area contributed by atoms with Crippen molar-refractivity contribution in [3.05, 3.63) is 65.7 Å². The van der Waals surface area contributed by atoms with E-state index in [-0.39, 0.29) is 0 Å². The van der Waals surface area contributed by atoms with Gasteiger partial charge in [-0.1, -0.05) is 42.5 Å². The Balaban J connectivity index is 1.94. The second-order valence-electron chi connectivity index (χ2n) is 6.02. The molecule has 3 heteroatoms. The molecule has 0 aliphatic heterocycles. The minimum absolute atomic E-state index is 0.438. The largest absolute Gasteiger partial charge is 0.399 e. The Morgan fingerprint density at radius 1 is 1.05 bits per heavy atom. The standard InChI is InChI=1S/C19H26N2O/c1-15(2)21(14-16-7-4-3-5-8-16)12-11-19(22)17-9-6-10-18(20)13-17/h3-10,13,15,19,22H,11-12,14,20H2,1-2H3. The number of nitrogens with zero attached hydrogens (tertiary/aromatic N) is 1. The van der Waals surface area contributed by atoms with E-state index >= 15 is 0 Å². The molecular formula is C19H26N2O. The highest BCUT2D eigenvalue weighted by Crippen LogP contribution is 2.20. The van der Waals surface area contributed by atoms with Gasteiger partial charge in [0.1, 0.15) is 0 Å². The van der Waals surface area contributed by atoms with E-state index in [1.807, 2.05) is 30.3 Å². The normalized spacial score (nSPS) is 12.8. The van der Waals surface area contributed by atoms with Crippen molar-refractivity contribution < 1.29 is 5.11 Å². The van der Waals surface area contributed by atoms with Crippen molar-refractivity contribution in [2.75, 3.05) is 12.3 Å². The van der Waals surface area contributed by atoms with Crippen molar-refractivity contribution >= 4 is 5.69 Å². The van der Waals surface area contributed by atoms with Crippen LogP contribution in [0.1, 0.15) is 37.5 Å². The molecule has 3 nitrogen and oxygen atoms in total. The molecule has 2 aromatic rings. The molecule has 0 amide bonds. The molecule has 0 fully saturated rings. The third-order valence-corrected chi connectivity index (χ3v) is 3.94. The Labute approximate surface area is 133 Å². The average Bonchev–Trinajstić information content (AvgIpc) is 2.51. The van der Waals surface area contributed by atoms with Crippen LogP contribution in [-0.4, -0.2) is 22.6 Å². The first-order valence-electron chi connectivity index (χ1n) is 7.87. The number of hydrogen-bond donors (Lipinski definition) is 2. The SMILES string of the molecule is CC(C)N(CCC(O)c1cccc(N)c1)Cc1ccccc1. The second kappa shape index (κ2) is 7.97. The summed E-state index contributed by atoms with van der Waals surface area (Å²) in [5, 5.41) is 10.4. The van der Waals surface area contributed by atoms with Crippen LogP contribution in [0.15, 0.2) is 54.6 Å². The summed E-state index contributed by atoms with van der Waals surface area (Å²) in [6, 6.07) is 18.4. The van der Waals surface area contributed by atoms with Crippen LogP contribution in [0.3, 0.4) is 0 Å². The van der Waals surface area contributed by atoms with E-state index in [1.165, 1.54) is 5.56 Å². The summed E-state index contributed by atoms with van der Waals surface area (Å²) in [6.07, 6.45) is 0.231. The molecule has 118 valence electrons. The van der Waals surface area contributed by atoms with Crippen LogP contribution < -0.4 is 5.73 Å². The fraction of sp³-hybridized carbons (Fsp3) is 0.368. The minimum atomic E-state index is -0.472. The Kier molecular flexibility index (Phi) is 5.99. The maximum absolute atomic E-state index is 10.4. The molecule has 0 aliphatic rings. The Morgan fingerprint density at radius 2 is 1.77 bits per heavy atom. The molecule has 0 spiro atoms. The van der Waals surface area contributed by atoms with E-state index in [2.05, 4.69) is 43.0 Å². The second-order valence-corrected chi connectivity index (χ2v) is 6.02. The van der Waals surface area contributed by atoms with Crippen LogP contribution in [0.25, 0.3) is 0 Å². The summed E-state index contributed by atoms with van der Waals surface area (Å²) in [5.41, 5.74) is 8.67. The first kappa shape index (κ1) is 16.5. The van der Waals surface area contributed by atoms with E-state index in [0.717, 1.165) is 18.7 Å². The van der Waals surface area contributed by atoms with Gasteiger partial charge < -0.3 is 10.8 Å². The quantitative estimate of drug-likeness (QED) is 0.768. The van der Waals surface area contributed by atoms with Gasteiger partial charge in [0.25, 0.3) is 0 Å². The van der Waals surface area contributed by atoms with Crippen LogP contribution in [0, 0.1) is 0 Å². The third-order valence-electron chi connectivity index (χ3n) is 3.94. The summed E-state index contributed by atoms with van der Waals surface area (Å²) in [4.78, 5) is 2.38. The van der Waals surface area contributed by atoms with E-state index in [9.17, 15) is 5.11 Å². The summed E-state index contributed by atoms with van der Waals surface area (Å²) >= 11 is 0. The smallest absolute Gasteiger partial charge is 0.0803 e. The number of aliphatic hydroxyl groups is 1. The van der Waals surface area contributed by atoms with Crippen molar-refractivity contribution in [1.82, 2.24) is 4.90 Å². The number of anilines is 1. The van der Waals surface area contributed by atoms with E-state index in [0.29, 0.717) is 18.2 Å². The Bertz CT molecular complexity index is 569. The molecule has 2 rings (SSSR count). The van der Waals surface area contributed by atoms with Gasteiger partial charge in [0.15, 0.2) is 0 Å². The van der Waals surface area contributed by atoms with E-state index in [4.69, 9.17) is 5.73 Å². The minimum Gasteiger partial charge on any atom is -0.399 e. The predicted molar refractivity (Wildman–Crippen MR) is 92.4 cm³/mol. The van der Waals surface area contributed by atoms with Gasteiger partial charge in [-0.25, -0.2) is 0 Å². The molecule has 0 radical (unpaired) electrons. The van der Waals surface area contributed by atoms with E-state index < -0.39 is 6.10 Å². The number of aliphatic hydroxyl groups excluding tert-OH is 1. The van der Waals surface area contributed by atoms with Gasteiger partial charge in [0.2, 0.25) is 0 Å². The zero-order valence-corrected chi connectivity index (χ0v) is 13.4. The zero-order chi connectivity index (χ0) is 15.9. The first-order valence-corrected chi connectivity index (χ1v) is 7.87. The molecule has 2 aromatic carbocycles. The highest BCUT2D eigenvalue weighted by atomic mass is 16.3. The van der Waals surface area contributed by atoms with Gasteiger partial charge in [-0.05, 0) is 43.5 Å². The Morgan fingerprint density at radius 3 is 2.41 bits per heavy atom. The van der Waals surface area contributed by atoms with Crippen LogP contribution in [0.2, 0.25) is 0 Å². The van der Waals surface area contributed by atoms with Gasteiger partial charge in [0.05, 0.1) is 6.10 Å². The summed E-state index contributed by atoms with van der Waals surface area (Å²) in [5.74, 6) is 0. The number of nitrogen functional groups attached to an aromatic ring is 1. The summed E-state index contributed by atoms with van der Waals surface area (Å²) in [6.45, 7) is 6.14. The first-order chi connectivity index (χ1) is 10.6. The lowest BCUT2D eigenvalue weighted by Gasteiger charge is -2.27. The van der Waals surface area contributed by atoms with Crippen molar-refractivity contribution in [3.63, 3.8) is 0 Å². The number of hydrogen-bond acceptors (Lipinski definition) is 3. The van der Waals surface area contributed by atoms with Gasteiger partial charge >= 0.3 is 0 Å². The monoisotopic (exact) mass is 298 g/mol. The van der Waals surface area contributed by atoms with Crippen molar-refractivity contribution in [2.45, 2.75) is 39.0 Å². The summed E-state index contributed by atoms with van der Waals surface area (Å²) < 4.78 is 0. The van der Waals surface area contributed by atoms with Crippen LogP contribution in [0.5, 0.6) is 0 Å². The lowest BCUT2D eigenvalue weighted by Crippen LogP contribution is -2.32. The van der Waals surface area contributed by atoms with Crippen LogP contribution in [0.4, 0.5) is 5.69 Å². The number of benzene rings is 2. The molecule has 1 atom stereocenters. The summed E-state index contributed by atoms with van der Waals surface area (Å²) in [7, 11) is 0. The average molecular weight is 298 g/mol. The van der Waals surface area contributed by atoms with E-state index in [1.54, 1.807) is 0 Å². The van der Waals surface area contributed by atoms with Gasteiger partial charge in [-0.2, -0.15) is 0 Å². The maximum atomic E-state index is 10.4. The molecule has 0 saturated heterocycles. The molecule has 0 saturated carbocycles. The highest BCUT2D eigenvalue weighted by Gasteiger charge is 2.14. The highest BCUT2D eigenvalue weighted by molar-refractivity contribution is 5.41. The fourth-order valence-electron chi connectivity index (χ4n) is 2.56. The Hall–Kier alpha value is -1.84. The molecular weight excluding hydrogens is 272 g/mol. The van der Waals surface area contributed by atoms with Gasteiger partial charge in [0, 0.05) is 24.8 Å². The lowest BCUT2D eigenvalue weighted by atomic mass is 10.1. The third kappa shape index (κ3) is 4.86. The maximum Gasteiger partial charge on any atom is 0.0803 e. The number of rotatable bonds is 7. The van der Waals surface area contributed by atoms with Gasteiger partial charge in [-0.3, -0.25) is 4.90 Å². The molecule has 0 bridgehead atoms. The van der Waals surface area contributed by atoms with Crippen LogP contribution in [-0.2, 0) is 6.54 Å². The molecule has 1 unspecified atom stereocenters. The molecule has 0 aliphatic carbocycles. The van der Waals surface area contributed by atoms with Crippen molar-refractivity contribution in [2.24, 2.45) is 0 Å². The molecule has 3 N–H and O–H groups in total.